The van der Waals surface area contributed by atoms with Gasteiger partial charge in [0.25, 0.3) is 5.91 Å². The van der Waals surface area contributed by atoms with E-state index in [-0.39, 0.29) is 5.91 Å². The molecule has 2 aliphatic rings. The number of imide groups is 1. The van der Waals surface area contributed by atoms with Gasteiger partial charge >= 0.3 is 0 Å². The quantitative estimate of drug-likeness (QED) is 0.541. The van der Waals surface area contributed by atoms with Crippen molar-refractivity contribution in [1.82, 2.24) is 0 Å². The maximum Gasteiger partial charge on any atom is 0.266 e. The van der Waals surface area contributed by atoms with Crippen molar-refractivity contribution in [2.45, 2.75) is 19.1 Å². The summed E-state index contributed by atoms with van der Waals surface area (Å²) < 4.78 is 5.40. The van der Waals surface area contributed by atoms with Gasteiger partial charge in [-0.05, 0) is 54.4 Å². The number of benzene rings is 3. The highest BCUT2D eigenvalue weighted by Crippen LogP contribution is 2.48. The highest BCUT2D eigenvalue weighted by molar-refractivity contribution is 6.32. The van der Waals surface area contributed by atoms with Crippen molar-refractivity contribution in [1.29, 1.82) is 0 Å². The molecule has 162 valence electrons. The van der Waals surface area contributed by atoms with E-state index >= 15 is 0 Å². The predicted octanol–water partition coefficient (Wildman–Crippen LogP) is 4.71. The number of anilines is 2. The number of para-hydroxylation sites is 1. The monoisotopic (exact) mass is 448 g/mol. The molecular weight excluding hydrogens is 428 g/mol. The Labute approximate surface area is 190 Å². The molecule has 3 atom stereocenters. The molecule has 5 rings (SSSR count). The molecule has 3 aromatic carbocycles. The fourth-order valence-electron chi connectivity index (χ4n) is 4.45. The Morgan fingerprint density at radius 2 is 1.69 bits per heavy atom. The Kier molecular flexibility index (Phi) is 5.12. The van der Waals surface area contributed by atoms with Crippen LogP contribution in [0.1, 0.15) is 17.2 Å². The first-order valence-electron chi connectivity index (χ1n) is 10.3. The van der Waals surface area contributed by atoms with E-state index in [1.165, 1.54) is 4.90 Å². The van der Waals surface area contributed by atoms with Crippen molar-refractivity contribution in [2.24, 2.45) is 5.92 Å². The molecule has 2 amide bonds. The molecule has 2 saturated heterocycles. The van der Waals surface area contributed by atoms with Crippen LogP contribution in [0.4, 0.5) is 11.4 Å². The molecule has 0 radical (unpaired) electrons. The summed E-state index contributed by atoms with van der Waals surface area (Å²) in [6.07, 6.45) is -0.933. The molecule has 3 aromatic rings. The zero-order valence-corrected chi connectivity index (χ0v) is 18.3. The van der Waals surface area contributed by atoms with Crippen LogP contribution in [0.25, 0.3) is 0 Å². The van der Waals surface area contributed by atoms with Gasteiger partial charge in [0.15, 0.2) is 6.10 Å². The van der Waals surface area contributed by atoms with E-state index in [4.69, 9.17) is 21.2 Å². The second-order valence-corrected chi connectivity index (χ2v) is 8.24. The summed E-state index contributed by atoms with van der Waals surface area (Å²) >= 11 is 6.27. The highest BCUT2D eigenvalue weighted by atomic mass is 35.5. The predicted molar refractivity (Wildman–Crippen MR) is 122 cm³/mol. The van der Waals surface area contributed by atoms with E-state index < -0.39 is 24.0 Å². The number of rotatable bonds is 4. The van der Waals surface area contributed by atoms with Crippen LogP contribution >= 0.6 is 11.6 Å². The Morgan fingerprint density at radius 1 is 0.938 bits per heavy atom. The zero-order valence-electron chi connectivity index (χ0n) is 17.6. The minimum atomic E-state index is -0.933. The number of nitrogens with zero attached hydrogens (tertiary/aromatic N) is 2. The summed E-state index contributed by atoms with van der Waals surface area (Å²) in [4.78, 5) is 34.5. The van der Waals surface area contributed by atoms with Crippen LogP contribution in [-0.4, -0.2) is 25.0 Å². The van der Waals surface area contributed by atoms with Gasteiger partial charge in [-0.25, -0.2) is 9.96 Å². The molecular formula is C25H21ClN2O4. The lowest BCUT2D eigenvalue weighted by Crippen LogP contribution is -2.37. The molecule has 0 N–H and O–H groups in total. The van der Waals surface area contributed by atoms with Crippen molar-refractivity contribution in [2.75, 3.05) is 17.1 Å². The molecule has 32 heavy (non-hydrogen) atoms. The molecule has 0 unspecified atom stereocenters. The smallest absolute Gasteiger partial charge is 0.266 e. The standard InChI is InChI=1S/C25H21ClN2O4/c1-15-19(26)12-7-13-20(15)27-24(29)21-22(16-8-6-11-18(14-16)31-2)28(32-23(21)25(27)30)17-9-4-3-5-10-17/h3-14,21-23H,1-2H3/t21-,22+,23-/m0/s1. The lowest BCUT2D eigenvalue weighted by molar-refractivity contribution is -0.126. The van der Waals surface area contributed by atoms with Crippen molar-refractivity contribution in [3.8, 4) is 5.75 Å². The fraction of sp³-hybridized carbons (Fsp3) is 0.200. The first kappa shape index (κ1) is 20.5. The van der Waals surface area contributed by atoms with Crippen LogP contribution < -0.4 is 14.7 Å². The van der Waals surface area contributed by atoms with Gasteiger partial charge in [0.2, 0.25) is 5.91 Å². The third-order valence-corrected chi connectivity index (χ3v) is 6.45. The van der Waals surface area contributed by atoms with E-state index in [9.17, 15) is 9.59 Å². The van der Waals surface area contributed by atoms with Crippen molar-refractivity contribution < 1.29 is 19.2 Å². The number of hydrogen-bond donors (Lipinski definition) is 0. The molecule has 2 aliphatic heterocycles. The average Bonchev–Trinajstić information content (AvgIpc) is 3.33. The van der Waals surface area contributed by atoms with Crippen LogP contribution in [0, 0.1) is 12.8 Å². The van der Waals surface area contributed by atoms with Gasteiger partial charge in [0, 0.05) is 5.02 Å². The maximum atomic E-state index is 13.7. The van der Waals surface area contributed by atoms with Gasteiger partial charge in [-0.2, -0.15) is 0 Å². The number of halogens is 1. The first-order chi connectivity index (χ1) is 15.5. The number of amides is 2. The molecule has 0 bridgehead atoms. The van der Waals surface area contributed by atoms with E-state index in [1.54, 1.807) is 37.3 Å². The Bertz CT molecular complexity index is 1200. The summed E-state index contributed by atoms with van der Waals surface area (Å²) in [6.45, 7) is 1.79. The van der Waals surface area contributed by atoms with Crippen molar-refractivity contribution in [3.63, 3.8) is 0 Å². The van der Waals surface area contributed by atoms with Crippen LogP contribution in [0.5, 0.6) is 5.75 Å². The van der Waals surface area contributed by atoms with Gasteiger partial charge < -0.3 is 4.74 Å². The average molecular weight is 449 g/mol. The molecule has 6 nitrogen and oxygen atoms in total. The second-order valence-electron chi connectivity index (χ2n) is 7.83. The fourth-order valence-corrected chi connectivity index (χ4v) is 4.62. The topological polar surface area (TPSA) is 59.1 Å². The summed E-state index contributed by atoms with van der Waals surface area (Å²) in [6, 6.07) is 21.7. The largest absolute Gasteiger partial charge is 0.497 e. The summed E-state index contributed by atoms with van der Waals surface area (Å²) in [7, 11) is 1.59. The van der Waals surface area contributed by atoms with Gasteiger partial charge in [0.05, 0.1) is 24.5 Å². The molecule has 0 saturated carbocycles. The van der Waals surface area contributed by atoms with E-state index in [0.29, 0.717) is 22.0 Å². The van der Waals surface area contributed by atoms with Gasteiger partial charge in [0.1, 0.15) is 11.7 Å². The molecule has 0 aromatic heterocycles. The third kappa shape index (κ3) is 3.15. The van der Waals surface area contributed by atoms with E-state index in [0.717, 1.165) is 11.3 Å². The number of carbonyl (C=O) groups excluding carboxylic acids is 2. The number of carbonyl (C=O) groups is 2. The van der Waals surface area contributed by atoms with Crippen LogP contribution in [0.15, 0.2) is 72.8 Å². The maximum absolute atomic E-state index is 13.7. The molecule has 0 spiro atoms. The first-order valence-corrected chi connectivity index (χ1v) is 10.7. The minimum Gasteiger partial charge on any atom is -0.497 e. The van der Waals surface area contributed by atoms with Crippen molar-refractivity contribution in [3.05, 3.63) is 88.9 Å². The van der Waals surface area contributed by atoms with Gasteiger partial charge in [-0.1, -0.05) is 48.0 Å². The van der Waals surface area contributed by atoms with Crippen LogP contribution in [0.2, 0.25) is 5.02 Å². The lowest BCUT2D eigenvalue weighted by Gasteiger charge is -2.29. The lowest BCUT2D eigenvalue weighted by atomic mass is 9.90. The van der Waals surface area contributed by atoms with E-state index in [2.05, 4.69) is 0 Å². The highest BCUT2D eigenvalue weighted by Gasteiger charge is 2.60. The normalized spacial score (nSPS) is 22.4. The molecule has 7 heteroatoms. The third-order valence-electron chi connectivity index (χ3n) is 6.04. The summed E-state index contributed by atoms with van der Waals surface area (Å²) in [5.74, 6) is -0.750. The molecule has 0 aliphatic carbocycles. The number of fused-ring (bicyclic) bond motifs is 1. The Morgan fingerprint density at radius 3 is 2.44 bits per heavy atom. The van der Waals surface area contributed by atoms with Crippen LogP contribution in [0.3, 0.4) is 0 Å². The zero-order chi connectivity index (χ0) is 22.4. The van der Waals surface area contributed by atoms with Gasteiger partial charge in [-0.15, -0.1) is 0 Å². The Balaban J connectivity index is 1.61. The molecule has 2 heterocycles. The summed E-state index contributed by atoms with van der Waals surface area (Å²) in [5.41, 5.74) is 2.75. The van der Waals surface area contributed by atoms with Crippen LogP contribution in [-0.2, 0) is 14.4 Å². The number of hydrogen-bond acceptors (Lipinski definition) is 5. The number of methoxy groups -OCH3 is 1. The minimum absolute atomic E-state index is 0.309. The van der Waals surface area contributed by atoms with Crippen molar-refractivity contribution >= 4 is 34.8 Å². The van der Waals surface area contributed by atoms with Gasteiger partial charge in [-0.3, -0.25) is 14.4 Å². The number of hydroxylamine groups is 1. The number of ether oxygens (including phenoxy) is 1. The summed E-state index contributed by atoms with van der Waals surface area (Å²) in [5, 5.41) is 2.17. The SMILES string of the molecule is COc1cccc([C@@H]2[C@@H]3C(=O)N(c4cccc(Cl)c4C)C(=O)[C@H]3ON2c2ccccc2)c1. The second kappa shape index (κ2) is 7.97. The molecule has 2 fully saturated rings. The Hall–Kier alpha value is -3.35. The van der Waals surface area contributed by atoms with E-state index in [1.807, 2.05) is 54.6 Å².